The smallest absolute Gasteiger partial charge is 0.332 e. The molecular weight excluding hydrogens is 1860 g/mol. The summed E-state index contributed by atoms with van der Waals surface area (Å²) in [5.74, 6) is -1.19. The molecule has 6 N–H and O–H groups in total. The topological polar surface area (TPSA) is 564 Å². The van der Waals surface area contributed by atoms with Crippen LogP contribution < -0.4 is 104 Å². The number of unbranched alkanes of at least 4 members (excludes halogenated alkanes) is 5. The number of aromatic nitrogens is 24. The van der Waals surface area contributed by atoms with E-state index >= 15 is 0 Å². The van der Waals surface area contributed by atoms with Gasteiger partial charge in [-0.1, -0.05) is 65.4 Å². The quantitative estimate of drug-likeness (QED) is 0.0219. The van der Waals surface area contributed by atoms with Crippen molar-refractivity contribution < 1.29 is 33.5 Å². The van der Waals surface area contributed by atoms with Gasteiger partial charge in [0.1, 0.15) is 39.3 Å². The lowest BCUT2D eigenvalue weighted by Gasteiger charge is -2.26. The van der Waals surface area contributed by atoms with Crippen molar-refractivity contribution in [3.8, 4) is 0 Å². The molecule has 52 nitrogen and oxygen atoms in total. The van der Waals surface area contributed by atoms with Crippen LogP contribution in [0.3, 0.4) is 0 Å². The molecule has 15 rings (SSSR count). The van der Waals surface area contributed by atoms with Gasteiger partial charge < -0.3 is 73.8 Å². The van der Waals surface area contributed by atoms with Gasteiger partial charge in [-0.3, -0.25) is 117 Å². The number of ether oxygens (including phenoxy) is 1. The second-order valence-electron chi connectivity index (χ2n) is 35.1. The van der Waals surface area contributed by atoms with Crippen molar-refractivity contribution >= 4 is 114 Å². The summed E-state index contributed by atoms with van der Waals surface area (Å²) in [6.07, 6.45) is 22.2. The predicted molar refractivity (Wildman–Crippen MR) is 536 cm³/mol. The van der Waals surface area contributed by atoms with E-state index in [0.717, 1.165) is 150 Å². The number of nitrogens with one attached hydrogen (secondary N) is 6. The molecule has 14 heterocycles. The van der Waals surface area contributed by atoms with Crippen LogP contribution in [0.25, 0.3) is 67.0 Å². The number of nitrogens with zero attached hydrogens (tertiary/aromatic N) is 27. The molecule has 2 aliphatic rings. The summed E-state index contributed by atoms with van der Waals surface area (Å²) >= 11 is 0. The minimum Gasteiger partial charge on any atom is -0.379 e. The lowest BCUT2D eigenvalue weighted by molar-refractivity contribution is -0.122. The van der Waals surface area contributed by atoms with Crippen LogP contribution in [-0.2, 0) is 157 Å². The number of rotatable bonds is 33. The second-order valence-corrected chi connectivity index (χ2v) is 35.1. The van der Waals surface area contributed by atoms with Gasteiger partial charge in [0.15, 0.2) is 67.0 Å². The third kappa shape index (κ3) is 26.7. The average Bonchev–Trinajstić information content (AvgIpc) is 1.67. The molecule has 13 aromatic rings. The third-order valence-corrected chi connectivity index (χ3v) is 24.4. The minimum atomic E-state index is -0.483. The van der Waals surface area contributed by atoms with Gasteiger partial charge in [-0.05, 0) is 89.3 Å². The minimum absolute atomic E-state index is 0.00760. The number of aryl methyl sites for hydroxylation is 6. The number of carbonyl (C=O) groups excluding carboxylic acids is 6. The lowest BCUT2D eigenvalue weighted by Crippen LogP contribution is -2.39. The van der Waals surface area contributed by atoms with Crippen LogP contribution in [0, 0.1) is 0 Å². The standard InChI is InChI=1S/C17H20N6O3.C17H26N6O3.C16H24N6O4.2C14H21N5O3.C13H19N5O3/c1-20(2)12-7-5-6-11(8-12)19-13(24)9-23-10-18-15-14(23)16(25)22(4)17(26)21(15)3;1-20-15-14(16(25)21(2)17(20)26)23(12-19-15)11-13(24)18-7-6-10-22-8-4-3-5-9-22;1-19-14-13(15(24)20(2)16(19)25)22(11-18-14)10-12(23)17-4-3-5-21-6-8-26-9-7-21;2*1-4-5-6-7-15-10(20)8-19-9-16-12-11(19)13(21)18(3)14(22)17(12)2;1-4-5-6-14-9(19)7-18-8-15-11-10(18)12(20)17(3)13(21)16(11)2/h5-8,10H,9H2,1-4H3,(H,19,24);12H,3-11H2,1-2H3,(H,18,24);11H,3-10H2,1-2H3,(H,17,23);2*9H,4-8H2,1-3H3,(H,15,20);8H,4-7H2,1-3H3,(H,14,19). The fourth-order valence-corrected chi connectivity index (χ4v) is 16.1. The highest BCUT2D eigenvalue weighted by atomic mass is 16.5. The number of amides is 6. The molecule has 0 aliphatic carbocycles. The fraction of sp³-hybridized carbons (Fsp3) is 0.538. The zero-order chi connectivity index (χ0) is 104. The van der Waals surface area contributed by atoms with Crippen molar-refractivity contribution in [1.82, 2.24) is 148 Å². The maximum absolute atomic E-state index is 12.4. The summed E-state index contributed by atoms with van der Waals surface area (Å²) in [7, 11) is 21.6. The van der Waals surface area contributed by atoms with Crippen LogP contribution in [0.1, 0.15) is 104 Å². The predicted octanol–water partition coefficient (Wildman–Crippen LogP) is -3.33. The first kappa shape index (κ1) is 110. The van der Waals surface area contributed by atoms with Crippen molar-refractivity contribution in [3.63, 3.8) is 0 Å². The Morgan fingerprint density at radius 1 is 0.308 bits per heavy atom. The molecule has 1 aromatic carbocycles. The van der Waals surface area contributed by atoms with Crippen molar-refractivity contribution in [2.24, 2.45) is 84.6 Å². The highest BCUT2D eigenvalue weighted by Gasteiger charge is 2.25. The van der Waals surface area contributed by atoms with Crippen molar-refractivity contribution in [2.75, 3.05) is 110 Å². The third-order valence-electron chi connectivity index (χ3n) is 24.4. The first-order chi connectivity index (χ1) is 68.2. The highest BCUT2D eigenvalue weighted by Crippen LogP contribution is 2.19. The van der Waals surface area contributed by atoms with E-state index in [9.17, 15) is 86.3 Å². The number of likely N-dealkylation sites (tertiary alicyclic amines) is 1. The fourth-order valence-electron chi connectivity index (χ4n) is 16.1. The monoisotopic (exact) mass is 1990 g/mol. The van der Waals surface area contributed by atoms with Gasteiger partial charge in [0, 0.05) is 156 Å². The molecule has 0 saturated carbocycles. The van der Waals surface area contributed by atoms with Crippen LogP contribution in [0.15, 0.2) is 120 Å². The van der Waals surface area contributed by atoms with Gasteiger partial charge in [-0.25, -0.2) is 58.7 Å². The maximum atomic E-state index is 12.4. The summed E-state index contributed by atoms with van der Waals surface area (Å²) in [5.41, 5.74) is -0.618. The number of carbonyl (C=O) groups is 6. The largest absolute Gasteiger partial charge is 0.379 e. The number of hydrogen-bond acceptors (Lipinski definition) is 28. The van der Waals surface area contributed by atoms with E-state index in [4.69, 9.17) is 4.74 Å². The summed E-state index contributed by atoms with van der Waals surface area (Å²) < 4.78 is 28.0. The second kappa shape index (κ2) is 50.6. The van der Waals surface area contributed by atoms with Crippen LogP contribution in [0.4, 0.5) is 11.4 Å². The number of piperidine rings is 1. The van der Waals surface area contributed by atoms with Crippen molar-refractivity contribution in [3.05, 3.63) is 187 Å². The zero-order valence-electron chi connectivity index (χ0n) is 84.2. The molecule has 52 heteroatoms. The van der Waals surface area contributed by atoms with Gasteiger partial charge >= 0.3 is 34.1 Å². The molecular formula is C91H131N33O19. The van der Waals surface area contributed by atoms with E-state index < -0.39 is 67.5 Å². The molecule has 0 atom stereocenters. The Morgan fingerprint density at radius 2 is 0.552 bits per heavy atom. The Bertz CT molecular complexity index is 7290. The Kier molecular flexibility index (Phi) is 38.8. The number of hydrogen-bond donors (Lipinski definition) is 6. The average molecular weight is 1990 g/mol. The van der Waals surface area contributed by atoms with Crippen LogP contribution >= 0.6 is 0 Å². The lowest BCUT2D eigenvalue weighted by atomic mass is 10.1. The first-order valence-corrected chi connectivity index (χ1v) is 47.3. The molecule has 143 heavy (non-hydrogen) atoms. The highest BCUT2D eigenvalue weighted by molar-refractivity contribution is 5.92. The van der Waals surface area contributed by atoms with Gasteiger partial charge in [0.2, 0.25) is 35.4 Å². The number of benzene rings is 1. The Morgan fingerprint density at radius 3 is 0.811 bits per heavy atom. The van der Waals surface area contributed by atoms with E-state index in [1.165, 1.54) is 161 Å². The van der Waals surface area contributed by atoms with E-state index in [2.05, 4.69) is 85.5 Å². The normalized spacial score (nSPS) is 12.6. The Labute approximate surface area is 817 Å². The van der Waals surface area contributed by atoms with Crippen LogP contribution in [0.2, 0.25) is 0 Å². The van der Waals surface area contributed by atoms with Gasteiger partial charge in [0.25, 0.3) is 33.4 Å². The van der Waals surface area contributed by atoms with Gasteiger partial charge in [0.05, 0.1) is 51.2 Å². The summed E-state index contributed by atoms with van der Waals surface area (Å²) in [4.78, 5) is 249. The van der Waals surface area contributed by atoms with E-state index in [-0.39, 0.29) is 142 Å². The maximum Gasteiger partial charge on any atom is 0.332 e. The summed E-state index contributed by atoms with van der Waals surface area (Å²) in [5, 5.41) is 17.0. The van der Waals surface area contributed by atoms with Gasteiger partial charge in [-0.15, -0.1) is 0 Å². The zero-order valence-corrected chi connectivity index (χ0v) is 84.2. The molecule has 12 aromatic heterocycles. The van der Waals surface area contributed by atoms with Crippen LogP contribution in [0.5, 0.6) is 0 Å². The molecule has 0 spiro atoms. The number of fused-ring (bicyclic) bond motifs is 6. The van der Waals surface area contributed by atoms with Crippen molar-refractivity contribution in [1.29, 1.82) is 0 Å². The van der Waals surface area contributed by atoms with E-state index in [1.807, 2.05) is 44.1 Å². The van der Waals surface area contributed by atoms with Crippen molar-refractivity contribution in [2.45, 2.75) is 144 Å². The molecule has 774 valence electrons. The molecule has 0 bridgehead atoms. The first-order valence-electron chi connectivity index (χ1n) is 47.3. The summed E-state index contributed by atoms with van der Waals surface area (Å²) in [6, 6.07) is 7.43. The van der Waals surface area contributed by atoms with Gasteiger partial charge in [-0.2, -0.15) is 0 Å². The van der Waals surface area contributed by atoms with Crippen LogP contribution in [-0.4, -0.2) is 257 Å². The molecule has 2 aliphatic heterocycles. The number of morpholine rings is 1. The number of anilines is 2. The molecule has 2 fully saturated rings. The summed E-state index contributed by atoms with van der Waals surface area (Å²) in [6.45, 7) is 16.8. The molecule has 0 radical (unpaired) electrons. The molecule has 0 unspecified atom stereocenters. The Hall–Kier alpha value is -15.4. The number of imidazole rings is 6. The van der Waals surface area contributed by atoms with E-state index in [0.29, 0.717) is 38.4 Å². The van der Waals surface area contributed by atoms with E-state index in [1.54, 1.807) is 41.3 Å². The molecule has 2 saturated heterocycles. The SMILES string of the molecule is CCCCCNC(=O)Cn1cnc2c1c(=O)n(C)c(=O)n2C.CCCCCNC(=O)Cn1cnc2c1c(=O)n(C)c(=O)n2C.CCCCNC(=O)Cn1cnc2c1c(=O)n(C)c(=O)n2C.CN(C)c1cccc(NC(=O)Cn2cnc3c2c(=O)n(C)c(=O)n3C)c1.Cn1c(=O)c2c(ncn2CC(=O)NCCCN2CCCCC2)n(C)c1=O.Cn1c(=O)c2c(ncn2CC(=O)NCCCN2CCOCC2)n(C)c1=O. The Balaban J connectivity index is 0.000000177. The molecule has 6 amide bonds.